The highest BCUT2D eigenvalue weighted by molar-refractivity contribution is 7.11. The van der Waals surface area contributed by atoms with E-state index in [9.17, 15) is 9.90 Å². The summed E-state index contributed by atoms with van der Waals surface area (Å²) in [4.78, 5) is 14.7. The Morgan fingerprint density at radius 3 is 2.80 bits per heavy atom. The van der Waals surface area contributed by atoms with Gasteiger partial charge in [0.2, 0.25) is 0 Å². The minimum atomic E-state index is -0.967. The first-order valence-corrected chi connectivity index (χ1v) is 9.53. The van der Waals surface area contributed by atoms with Crippen LogP contribution in [-0.2, 0) is 4.79 Å². The highest BCUT2D eigenvalue weighted by Crippen LogP contribution is 2.29. The fourth-order valence-corrected chi connectivity index (χ4v) is 3.79. The maximum Gasteiger partial charge on any atom is 0.337 e. The first-order chi connectivity index (χ1) is 12.1. The summed E-state index contributed by atoms with van der Waals surface area (Å²) < 4.78 is 5.92. The number of ether oxygens (including phenoxy) is 1. The number of hydrogen-bond acceptors (Lipinski definition) is 4. The van der Waals surface area contributed by atoms with Gasteiger partial charge in [0.15, 0.2) is 0 Å². The predicted octanol–water partition coefficient (Wildman–Crippen LogP) is 4.50. The molecule has 1 aromatic carbocycles. The highest BCUT2D eigenvalue weighted by atomic mass is 35.5. The Morgan fingerprint density at radius 1 is 1.32 bits per heavy atom. The van der Waals surface area contributed by atoms with E-state index < -0.39 is 5.97 Å². The second-order valence-electron chi connectivity index (χ2n) is 5.92. The second kappa shape index (κ2) is 8.52. The van der Waals surface area contributed by atoms with Crippen LogP contribution in [-0.4, -0.2) is 42.2 Å². The van der Waals surface area contributed by atoms with E-state index in [1.54, 1.807) is 30.3 Å². The van der Waals surface area contributed by atoms with Crippen molar-refractivity contribution in [1.29, 1.82) is 0 Å². The maximum absolute atomic E-state index is 11.6. The lowest BCUT2D eigenvalue weighted by Crippen LogP contribution is -2.25. The maximum atomic E-state index is 11.6. The number of nitrogens with zero attached hydrogens (tertiary/aromatic N) is 1. The molecule has 0 unspecified atom stereocenters. The monoisotopic (exact) mass is 377 g/mol. The van der Waals surface area contributed by atoms with E-state index in [4.69, 9.17) is 16.3 Å². The molecule has 0 atom stereocenters. The van der Waals surface area contributed by atoms with Crippen LogP contribution < -0.4 is 4.74 Å². The van der Waals surface area contributed by atoms with Crippen molar-refractivity contribution in [2.75, 3.05) is 26.2 Å². The molecular weight excluding hydrogens is 358 g/mol. The molecule has 0 radical (unpaired) electrons. The average molecular weight is 378 g/mol. The van der Waals surface area contributed by atoms with Gasteiger partial charge in [0.25, 0.3) is 0 Å². The van der Waals surface area contributed by atoms with Gasteiger partial charge < -0.3 is 9.84 Å². The Labute approximate surface area is 156 Å². The van der Waals surface area contributed by atoms with E-state index in [1.165, 1.54) is 24.2 Å². The molecule has 1 fully saturated rings. The molecule has 1 aliphatic rings. The standard InChI is InChI=1S/C19H20ClNO3S/c20-15-5-6-17(24-10-9-21-7-1-2-8-21)14(12-15)13-16(19(22)23)18-4-3-11-25-18/h3-6,11-13H,1-2,7-10H2,(H,22,23)/b16-13-. The van der Waals surface area contributed by atoms with E-state index in [1.807, 2.05) is 11.4 Å². The first-order valence-electron chi connectivity index (χ1n) is 8.27. The lowest BCUT2D eigenvalue weighted by Gasteiger charge is -2.16. The van der Waals surface area contributed by atoms with Crippen LogP contribution in [0.15, 0.2) is 35.7 Å². The summed E-state index contributed by atoms with van der Waals surface area (Å²) in [6, 6.07) is 8.93. The number of carboxylic acid groups (broad SMARTS) is 1. The molecule has 3 rings (SSSR count). The van der Waals surface area contributed by atoms with E-state index in [2.05, 4.69) is 4.90 Å². The molecule has 132 valence electrons. The zero-order valence-electron chi connectivity index (χ0n) is 13.8. The zero-order chi connectivity index (χ0) is 17.6. The SMILES string of the molecule is O=C(O)/C(=C\c1cc(Cl)ccc1OCCN1CCCC1)c1cccs1. The third-order valence-electron chi connectivity index (χ3n) is 4.15. The quantitative estimate of drug-likeness (QED) is 0.721. The third kappa shape index (κ3) is 4.84. The number of likely N-dealkylation sites (tertiary alicyclic amines) is 1. The molecular formula is C19H20ClNO3S. The minimum absolute atomic E-state index is 0.238. The molecule has 1 saturated heterocycles. The highest BCUT2D eigenvalue weighted by Gasteiger charge is 2.14. The van der Waals surface area contributed by atoms with Gasteiger partial charge in [-0.3, -0.25) is 4.90 Å². The van der Waals surface area contributed by atoms with Crippen molar-refractivity contribution in [3.8, 4) is 5.75 Å². The second-order valence-corrected chi connectivity index (χ2v) is 7.30. The average Bonchev–Trinajstić information content (AvgIpc) is 3.27. The van der Waals surface area contributed by atoms with Crippen LogP contribution in [0.5, 0.6) is 5.75 Å². The summed E-state index contributed by atoms with van der Waals surface area (Å²) in [5.74, 6) is -0.315. The number of rotatable bonds is 7. The van der Waals surface area contributed by atoms with Crippen LogP contribution in [0.2, 0.25) is 5.02 Å². The molecule has 0 spiro atoms. The summed E-state index contributed by atoms with van der Waals surface area (Å²) in [7, 11) is 0. The molecule has 0 saturated carbocycles. The van der Waals surface area contributed by atoms with E-state index in [0.29, 0.717) is 27.8 Å². The van der Waals surface area contributed by atoms with Crippen molar-refractivity contribution in [3.05, 3.63) is 51.2 Å². The summed E-state index contributed by atoms with van der Waals surface area (Å²) in [6.45, 7) is 3.70. The van der Waals surface area contributed by atoms with Crippen molar-refractivity contribution in [3.63, 3.8) is 0 Å². The van der Waals surface area contributed by atoms with Crippen molar-refractivity contribution in [1.82, 2.24) is 4.90 Å². The minimum Gasteiger partial charge on any atom is -0.492 e. The van der Waals surface area contributed by atoms with Crippen LogP contribution in [0.1, 0.15) is 23.3 Å². The van der Waals surface area contributed by atoms with Crippen LogP contribution in [0, 0.1) is 0 Å². The molecule has 4 nitrogen and oxygen atoms in total. The zero-order valence-corrected chi connectivity index (χ0v) is 15.4. The third-order valence-corrected chi connectivity index (χ3v) is 5.29. The van der Waals surface area contributed by atoms with Crippen molar-refractivity contribution in [2.45, 2.75) is 12.8 Å². The molecule has 2 heterocycles. The number of thiophene rings is 1. The Kier molecular flexibility index (Phi) is 6.13. The molecule has 1 aromatic heterocycles. The molecule has 1 aliphatic heterocycles. The topological polar surface area (TPSA) is 49.8 Å². The van der Waals surface area contributed by atoms with Crippen LogP contribution in [0.25, 0.3) is 11.6 Å². The van der Waals surface area contributed by atoms with Crippen molar-refractivity contribution >= 4 is 40.6 Å². The number of halogens is 1. The van der Waals surface area contributed by atoms with Gasteiger partial charge in [-0.1, -0.05) is 17.7 Å². The molecule has 6 heteroatoms. The number of carbonyl (C=O) groups is 1. The van der Waals surface area contributed by atoms with Crippen molar-refractivity contribution < 1.29 is 14.6 Å². The number of carboxylic acids is 1. The largest absolute Gasteiger partial charge is 0.492 e. The molecule has 1 N–H and O–H groups in total. The lowest BCUT2D eigenvalue weighted by molar-refractivity contribution is -0.130. The summed E-state index contributed by atoms with van der Waals surface area (Å²) in [5.41, 5.74) is 0.918. The van der Waals surface area contributed by atoms with Gasteiger partial charge in [-0.05, 0) is 61.7 Å². The Hall–Kier alpha value is -1.82. The summed E-state index contributed by atoms with van der Waals surface area (Å²) in [6.07, 6.45) is 4.13. The fourth-order valence-electron chi connectivity index (χ4n) is 2.88. The van der Waals surface area contributed by atoms with Crippen LogP contribution in [0.4, 0.5) is 0 Å². The fraction of sp³-hybridized carbons (Fsp3) is 0.316. The first kappa shape index (κ1) is 18.0. The van der Waals surface area contributed by atoms with Crippen LogP contribution in [0.3, 0.4) is 0 Å². The normalized spacial score (nSPS) is 15.5. The van der Waals surface area contributed by atoms with Gasteiger partial charge in [0, 0.05) is 22.0 Å². The van der Waals surface area contributed by atoms with Crippen molar-refractivity contribution in [2.24, 2.45) is 0 Å². The van der Waals surface area contributed by atoms with Gasteiger partial charge in [-0.2, -0.15) is 0 Å². The van der Waals surface area contributed by atoms with Gasteiger partial charge in [0.05, 0.1) is 5.57 Å². The van der Waals surface area contributed by atoms with Gasteiger partial charge in [0.1, 0.15) is 12.4 Å². The van der Waals surface area contributed by atoms with Gasteiger partial charge >= 0.3 is 5.97 Å². The number of aliphatic carboxylic acids is 1. The molecule has 0 amide bonds. The molecule has 0 aliphatic carbocycles. The summed E-state index contributed by atoms with van der Waals surface area (Å²) in [5, 5.41) is 12.0. The molecule has 2 aromatic rings. The molecule has 25 heavy (non-hydrogen) atoms. The predicted molar refractivity (Wildman–Crippen MR) is 102 cm³/mol. The van der Waals surface area contributed by atoms with Crippen LogP contribution >= 0.6 is 22.9 Å². The van der Waals surface area contributed by atoms with E-state index in [0.717, 1.165) is 19.6 Å². The Bertz CT molecular complexity index is 752. The van der Waals surface area contributed by atoms with E-state index >= 15 is 0 Å². The lowest BCUT2D eigenvalue weighted by atomic mass is 10.1. The van der Waals surface area contributed by atoms with E-state index in [-0.39, 0.29) is 5.57 Å². The van der Waals surface area contributed by atoms with Gasteiger partial charge in [-0.25, -0.2) is 4.79 Å². The van der Waals surface area contributed by atoms with Gasteiger partial charge in [-0.15, -0.1) is 11.3 Å². The smallest absolute Gasteiger partial charge is 0.337 e. The number of benzene rings is 1. The number of hydrogen-bond donors (Lipinski definition) is 1. The summed E-state index contributed by atoms with van der Waals surface area (Å²) >= 11 is 7.50. The molecule has 0 bridgehead atoms. The Morgan fingerprint density at radius 2 is 2.12 bits per heavy atom. The Balaban J connectivity index is 1.80.